The van der Waals surface area contributed by atoms with Crippen molar-refractivity contribution in [2.75, 3.05) is 49.2 Å². The molecule has 1 saturated heterocycles. The number of likely N-dealkylation sites (N-methyl/N-ethyl adjacent to an activating group) is 1. The molecule has 0 saturated carbocycles. The first-order valence-corrected chi connectivity index (χ1v) is 6.73. The molecule has 1 heterocycles. The van der Waals surface area contributed by atoms with Crippen LogP contribution < -0.4 is 16.0 Å². The molecule has 1 aliphatic heterocycles. The largest absolute Gasteiger partial charge is 0.397 e. The predicted molar refractivity (Wildman–Crippen MR) is 79.5 cm³/mol. The fourth-order valence-corrected chi connectivity index (χ4v) is 2.22. The average Bonchev–Trinajstić information content (AvgIpc) is 2.40. The molecule has 0 aliphatic carbocycles. The second-order valence-electron chi connectivity index (χ2n) is 4.97. The molecular weight excluding hydrogens is 240 g/mol. The van der Waals surface area contributed by atoms with Crippen LogP contribution in [-0.2, 0) is 4.79 Å². The molecule has 0 spiro atoms. The number of nitrogens with two attached hydrogens (primary N) is 1. The first-order valence-electron chi connectivity index (χ1n) is 6.73. The minimum absolute atomic E-state index is 0.00625. The maximum atomic E-state index is 11.3. The maximum Gasteiger partial charge on any atom is 0.224 e. The van der Waals surface area contributed by atoms with Gasteiger partial charge in [-0.25, -0.2) is 0 Å². The van der Waals surface area contributed by atoms with Gasteiger partial charge in [0.05, 0.1) is 11.4 Å². The van der Waals surface area contributed by atoms with Gasteiger partial charge in [0.1, 0.15) is 0 Å². The number of rotatable bonds is 3. The van der Waals surface area contributed by atoms with Gasteiger partial charge in [-0.2, -0.15) is 0 Å². The Kier molecular flexibility index (Phi) is 4.27. The van der Waals surface area contributed by atoms with E-state index in [1.807, 2.05) is 25.1 Å². The molecule has 1 aliphatic rings. The molecule has 0 atom stereocenters. The normalized spacial score (nSPS) is 16.4. The van der Waals surface area contributed by atoms with Crippen molar-refractivity contribution in [3.8, 4) is 0 Å². The van der Waals surface area contributed by atoms with Crippen LogP contribution >= 0.6 is 0 Å². The Bertz CT molecular complexity index is 453. The zero-order chi connectivity index (χ0) is 13.8. The Labute approximate surface area is 114 Å². The summed E-state index contributed by atoms with van der Waals surface area (Å²) in [6.07, 6.45) is 0.472. The van der Waals surface area contributed by atoms with Crippen molar-refractivity contribution in [3.05, 3.63) is 18.2 Å². The van der Waals surface area contributed by atoms with Crippen molar-refractivity contribution >= 4 is 23.0 Å². The summed E-state index contributed by atoms with van der Waals surface area (Å²) in [4.78, 5) is 15.9. The van der Waals surface area contributed by atoms with Gasteiger partial charge in [0.2, 0.25) is 5.91 Å². The molecular formula is C14H22N4O. The smallest absolute Gasteiger partial charge is 0.224 e. The van der Waals surface area contributed by atoms with Crippen molar-refractivity contribution in [2.45, 2.75) is 13.3 Å². The van der Waals surface area contributed by atoms with Gasteiger partial charge in [0.15, 0.2) is 0 Å². The molecule has 1 aromatic rings. The molecule has 3 N–H and O–H groups in total. The zero-order valence-electron chi connectivity index (χ0n) is 11.6. The van der Waals surface area contributed by atoms with Crippen LogP contribution in [0, 0.1) is 0 Å². The molecule has 1 fully saturated rings. The van der Waals surface area contributed by atoms with E-state index in [-0.39, 0.29) is 5.91 Å². The summed E-state index contributed by atoms with van der Waals surface area (Å²) in [5.41, 5.74) is 8.64. The van der Waals surface area contributed by atoms with E-state index in [0.717, 1.165) is 43.2 Å². The number of hydrogen-bond donors (Lipinski definition) is 2. The summed E-state index contributed by atoms with van der Waals surface area (Å²) in [6.45, 7) is 5.90. The molecule has 0 bridgehead atoms. The van der Waals surface area contributed by atoms with Gasteiger partial charge in [-0.3, -0.25) is 4.79 Å². The third kappa shape index (κ3) is 3.38. The first kappa shape index (κ1) is 13.7. The Morgan fingerprint density at radius 2 is 2.00 bits per heavy atom. The number of piperazine rings is 1. The van der Waals surface area contributed by atoms with E-state index in [1.54, 1.807) is 0 Å². The summed E-state index contributed by atoms with van der Waals surface area (Å²) in [5, 5.41) is 2.82. The van der Waals surface area contributed by atoms with Crippen LogP contribution in [0.25, 0.3) is 0 Å². The van der Waals surface area contributed by atoms with E-state index in [0.29, 0.717) is 6.42 Å². The number of nitrogens with one attached hydrogen (secondary N) is 1. The number of carbonyl (C=O) groups excluding carboxylic acids is 1. The quantitative estimate of drug-likeness (QED) is 0.808. The van der Waals surface area contributed by atoms with Crippen LogP contribution in [0.15, 0.2) is 18.2 Å². The highest BCUT2D eigenvalue weighted by molar-refractivity contribution is 5.91. The molecule has 0 aromatic heterocycles. The van der Waals surface area contributed by atoms with Gasteiger partial charge < -0.3 is 20.9 Å². The van der Waals surface area contributed by atoms with Crippen molar-refractivity contribution < 1.29 is 4.79 Å². The van der Waals surface area contributed by atoms with Crippen molar-refractivity contribution in [1.82, 2.24) is 4.90 Å². The lowest BCUT2D eigenvalue weighted by molar-refractivity contribution is -0.115. The van der Waals surface area contributed by atoms with Crippen molar-refractivity contribution in [1.29, 1.82) is 0 Å². The minimum Gasteiger partial charge on any atom is -0.397 e. The summed E-state index contributed by atoms with van der Waals surface area (Å²) < 4.78 is 0. The van der Waals surface area contributed by atoms with Crippen LogP contribution in [0.2, 0.25) is 0 Å². The van der Waals surface area contributed by atoms with Crippen LogP contribution in [0.4, 0.5) is 17.1 Å². The lowest BCUT2D eigenvalue weighted by atomic mass is 10.2. The number of anilines is 3. The lowest BCUT2D eigenvalue weighted by Crippen LogP contribution is -2.44. The maximum absolute atomic E-state index is 11.3. The van der Waals surface area contributed by atoms with E-state index in [1.165, 1.54) is 0 Å². The standard InChI is InChI=1S/C14H22N4O/c1-3-14(19)16-11-4-5-13(12(15)10-11)18-8-6-17(2)7-9-18/h4-5,10H,3,6-9,15H2,1-2H3,(H,16,19). The van der Waals surface area contributed by atoms with E-state index in [4.69, 9.17) is 5.73 Å². The molecule has 1 amide bonds. The van der Waals surface area contributed by atoms with E-state index >= 15 is 0 Å². The Balaban J connectivity index is 2.08. The zero-order valence-corrected chi connectivity index (χ0v) is 11.6. The first-order chi connectivity index (χ1) is 9.10. The van der Waals surface area contributed by atoms with Crippen LogP contribution in [0.3, 0.4) is 0 Å². The molecule has 2 rings (SSSR count). The van der Waals surface area contributed by atoms with Crippen molar-refractivity contribution in [2.24, 2.45) is 0 Å². The Hall–Kier alpha value is -1.75. The molecule has 5 nitrogen and oxygen atoms in total. The van der Waals surface area contributed by atoms with Gasteiger partial charge in [-0.15, -0.1) is 0 Å². The Morgan fingerprint density at radius 3 is 2.58 bits per heavy atom. The van der Waals surface area contributed by atoms with Crippen molar-refractivity contribution in [3.63, 3.8) is 0 Å². The fraction of sp³-hybridized carbons (Fsp3) is 0.500. The second kappa shape index (κ2) is 5.93. The van der Waals surface area contributed by atoms with E-state index < -0.39 is 0 Å². The molecule has 1 aromatic carbocycles. The molecule has 0 unspecified atom stereocenters. The van der Waals surface area contributed by atoms with E-state index in [9.17, 15) is 4.79 Å². The molecule has 0 radical (unpaired) electrons. The molecule has 5 heteroatoms. The highest BCUT2D eigenvalue weighted by Crippen LogP contribution is 2.27. The summed E-state index contributed by atoms with van der Waals surface area (Å²) in [5.74, 6) is 0.00625. The fourth-order valence-electron chi connectivity index (χ4n) is 2.22. The van der Waals surface area contributed by atoms with Crippen LogP contribution in [-0.4, -0.2) is 44.0 Å². The number of nitrogens with zero attached hydrogens (tertiary/aromatic N) is 2. The van der Waals surface area contributed by atoms with Crippen LogP contribution in [0.1, 0.15) is 13.3 Å². The number of hydrogen-bond acceptors (Lipinski definition) is 4. The van der Waals surface area contributed by atoms with Gasteiger partial charge in [-0.05, 0) is 25.2 Å². The topological polar surface area (TPSA) is 61.6 Å². The van der Waals surface area contributed by atoms with E-state index in [2.05, 4.69) is 22.2 Å². The summed E-state index contributed by atoms with van der Waals surface area (Å²) >= 11 is 0. The second-order valence-corrected chi connectivity index (χ2v) is 4.97. The van der Waals surface area contributed by atoms with Gasteiger partial charge >= 0.3 is 0 Å². The Morgan fingerprint density at radius 1 is 1.32 bits per heavy atom. The van der Waals surface area contributed by atoms with Gasteiger partial charge in [0.25, 0.3) is 0 Å². The number of carbonyl (C=O) groups is 1. The average molecular weight is 262 g/mol. The highest BCUT2D eigenvalue weighted by atomic mass is 16.1. The number of nitrogen functional groups attached to an aromatic ring is 1. The van der Waals surface area contributed by atoms with Gasteiger partial charge in [0, 0.05) is 38.3 Å². The van der Waals surface area contributed by atoms with Gasteiger partial charge in [-0.1, -0.05) is 6.92 Å². The number of benzene rings is 1. The highest BCUT2D eigenvalue weighted by Gasteiger charge is 2.16. The third-order valence-electron chi connectivity index (χ3n) is 3.48. The summed E-state index contributed by atoms with van der Waals surface area (Å²) in [7, 11) is 2.13. The minimum atomic E-state index is 0.00625. The molecule has 104 valence electrons. The lowest BCUT2D eigenvalue weighted by Gasteiger charge is -2.34. The number of amides is 1. The van der Waals surface area contributed by atoms with Crippen LogP contribution in [0.5, 0.6) is 0 Å². The summed E-state index contributed by atoms with van der Waals surface area (Å²) in [6, 6.07) is 5.74. The predicted octanol–water partition coefficient (Wildman–Crippen LogP) is 1.37. The SMILES string of the molecule is CCC(=O)Nc1ccc(N2CCN(C)CC2)c(N)c1. The third-order valence-corrected chi connectivity index (χ3v) is 3.48. The molecule has 19 heavy (non-hydrogen) atoms. The monoisotopic (exact) mass is 262 g/mol.